The Morgan fingerprint density at radius 3 is 2.67 bits per heavy atom. The molecule has 116 valence electrons. The summed E-state index contributed by atoms with van der Waals surface area (Å²) in [6.07, 6.45) is 5.42. The van der Waals surface area contributed by atoms with Crippen LogP contribution >= 0.6 is 0 Å². The molecule has 1 aliphatic heterocycles. The molecule has 1 atom stereocenters. The minimum Gasteiger partial charge on any atom is -0.496 e. The zero-order valence-corrected chi connectivity index (χ0v) is 13.2. The Morgan fingerprint density at radius 2 is 2.00 bits per heavy atom. The monoisotopic (exact) mass is 289 g/mol. The Balaban J connectivity index is 1.82. The molecule has 1 unspecified atom stereocenters. The standard InChI is InChI=1S/C18H27NO2/c1-13-3-5-14(6-4-13)16-11-15(7-8-17(16)20-2)18-12-19-9-10-21-18/h7-8,11,13-14,18-19H,3-6,9-10,12H2,1-2H3. The normalized spacial score (nSPS) is 30.1. The van der Waals surface area contributed by atoms with E-state index in [4.69, 9.17) is 9.47 Å². The van der Waals surface area contributed by atoms with Gasteiger partial charge in [-0.2, -0.15) is 0 Å². The van der Waals surface area contributed by atoms with Crippen molar-refractivity contribution >= 4 is 0 Å². The molecule has 1 aromatic rings. The first-order chi connectivity index (χ1) is 10.3. The molecule has 3 rings (SSSR count). The van der Waals surface area contributed by atoms with Crippen molar-refractivity contribution in [3.63, 3.8) is 0 Å². The summed E-state index contributed by atoms with van der Waals surface area (Å²) in [4.78, 5) is 0. The van der Waals surface area contributed by atoms with Gasteiger partial charge < -0.3 is 14.8 Å². The summed E-state index contributed by atoms with van der Waals surface area (Å²) in [7, 11) is 1.78. The van der Waals surface area contributed by atoms with E-state index in [2.05, 4.69) is 30.4 Å². The lowest BCUT2D eigenvalue weighted by Gasteiger charge is -2.29. The maximum atomic E-state index is 5.89. The van der Waals surface area contributed by atoms with Crippen molar-refractivity contribution in [2.75, 3.05) is 26.8 Å². The lowest BCUT2D eigenvalue weighted by Crippen LogP contribution is -2.33. The van der Waals surface area contributed by atoms with E-state index < -0.39 is 0 Å². The number of nitrogens with one attached hydrogen (secondary N) is 1. The van der Waals surface area contributed by atoms with Gasteiger partial charge in [0.2, 0.25) is 0 Å². The Morgan fingerprint density at radius 1 is 1.19 bits per heavy atom. The molecule has 0 radical (unpaired) electrons. The number of ether oxygens (including phenoxy) is 2. The molecule has 1 N–H and O–H groups in total. The van der Waals surface area contributed by atoms with Gasteiger partial charge in [-0.1, -0.05) is 25.8 Å². The Labute approximate surface area is 128 Å². The van der Waals surface area contributed by atoms with E-state index in [0.29, 0.717) is 5.92 Å². The number of benzene rings is 1. The van der Waals surface area contributed by atoms with Crippen molar-refractivity contribution in [3.8, 4) is 5.75 Å². The van der Waals surface area contributed by atoms with Crippen LogP contribution in [0.15, 0.2) is 18.2 Å². The van der Waals surface area contributed by atoms with E-state index in [-0.39, 0.29) is 6.10 Å². The van der Waals surface area contributed by atoms with Gasteiger partial charge in [-0.3, -0.25) is 0 Å². The lowest BCUT2D eigenvalue weighted by atomic mass is 9.78. The summed E-state index contributed by atoms with van der Waals surface area (Å²) in [6.45, 7) is 5.03. The van der Waals surface area contributed by atoms with Crippen LogP contribution in [0.4, 0.5) is 0 Å². The number of rotatable bonds is 3. The Bertz CT molecular complexity index is 460. The van der Waals surface area contributed by atoms with Crippen LogP contribution in [0.2, 0.25) is 0 Å². The Kier molecular flexibility index (Phi) is 4.81. The van der Waals surface area contributed by atoms with Gasteiger partial charge in [-0.25, -0.2) is 0 Å². The average Bonchev–Trinajstić information content (AvgIpc) is 2.56. The SMILES string of the molecule is COc1ccc(C2CNCCO2)cc1C1CCC(C)CC1. The maximum absolute atomic E-state index is 5.89. The van der Waals surface area contributed by atoms with Crippen LogP contribution in [-0.2, 0) is 4.74 Å². The zero-order valence-electron chi connectivity index (χ0n) is 13.2. The van der Waals surface area contributed by atoms with E-state index in [9.17, 15) is 0 Å². The van der Waals surface area contributed by atoms with Gasteiger partial charge in [-0.15, -0.1) is 0 Å². The van der Waals surface area contributed by atoms with Crippen LogP contribution in [-0.4, -0.2) is 26.8 Å². The Hall–Kier alpha value is -1.06. The van der Waals surface area contributed by atoms with Crippen molar-refractivity contribution in [3.05, 3.63) is 29.3 Å². The first-order valence-electron chi connectivity index (χ1n) is 8.28. The van der Waals surface area contributed by atoms with Gasteiger partial charge in [0.05, 0.1) is 19.8 Å². The smallest absolute Gasteiger partial charge is 0.122 e. The minimum absolute atomic E-state index is 0.186. The molecule has 3 heteroatoms. The molecule has 21 heavy (non-hydrogen) atoms. The fraction of sp³-hybridized carbons (Fsp3) is 0.667. The number of hydrogen-bond donors (Lipinski definition) is 1. The highest BCUT2D eigenvalue weighted by Gasteiger charge is 2.24. The molecule has 0 aromatic heterocycles. The predicted octanol–water partition coefficient (Wildman–Crippen LogP) is 3.65. The van der Waals surface area contributed by atoms with Crippen LogP contribution in [0, 0.1) is 5.92 Å². The molecular weight excluding hydrogens is 262 g/mol. The molecule has 1 aromatic carbocycles. The van der Waals surface area contributed by atoms with Crippen molar-refractivity contribution in [2.24, 2.45) is 5.92 Å². The summed E-state index contributed by atoms with van der Waals surface area (Å²) in [6, 6.07) is 6.61. The van der Waals surface area contributed by atoms with Gasteiger partial charge in [0.25, 0.3) is 0 Å². The average molecular weight is 289 g/mol. The van der Waals surface area contributed by atoms with E-state index in [1.54, 1.807) is 7.11 Å². The molecule has 3 nitrogen and oxygen atoms in total. The fourth-order valence-corrected chi connectivity index (χ4v) is 3.62. The summed E-state index contributed by atoms with van der Waals surface area (Å²) in [5.41, 5.74) is 2.67. The maximum Gasteiger partial charge on any atom is 0.122 e. The third-order valence-electron chi connectivity index (χ3n) is 5.01. The summed E-state index contributed by atoms with van der Waals surface area (Å²) < 4.78 is 11.5. The molecule has 1 saturated heterocycles. The van der Waals surface area contributed by atoms with Crippen molar-refractivity contribution < 1.29 is 9.47 Å². The topological polar surface area (TPSA) is 30.5 Å². The van der Waals surface area contributed by atoms with Crippen LogP contribution < -0.4 is 10.1 Å². The number of methoxy groups -OCH3 is 1. The molecular formula is C18H27NO2. The third kappa shape index (κ3) is 3.41. The second-order valence-corrected chi connectivity index (χ2v) is 6.52. The zero-order chi connectivity index (χ0) is 14.7. The summed E-state index contributed by atoms with van der Waals surface area (Å²) in [5, 5.41) is 3.41. The van der Waals surface area contributed by atoms with Crippen LogP contribution in [0.25, 0.3) is 0 Å². The minimum atomic E-state index is 0.186. The largest absolute Gasteiger partial charge is 0.496 e. The third-order valence-corrected chi connectivity index (χ3v) is 5.01. The molecule has 2 fully saturated rings. The van der Waals surface area contributed by atoms with E-state index >= 15 is 0 Å². The first-order valence-corrected chi connectivity index (χ1v) is 8.28. The van der Waals surface area contributed by atoms with Gasteiger partial charge in [-0.05, 0) is 47.9 Å². The second-order valence-electron chi connectivity index (χ2n) is 6.52. The van der Waals surface area contributed by atoms with Gasteiger partial charge >= 0.3 is 0 Å². The van der Waals surface area contributed by atoms with E-state index in [1.807, 2.05) is 0 Å². The van der Waals surface area contributed by atoms with Gasteiger partial charge in [0, 0.05) is 13.1 Å². The van der Waals surface area contributed by atoms with Gasteiger partial charge in [0.1, 0.15) is 5.75 Å². The van der Waals surface area contributed by atoms with Crippen LogP contribution in [0.3, 0.4) is 0 Å². The molecule has 1 aliphatic carbocycles. The number of morpholine rings is 1. The van der Waals surface area contributed by atoms with E-state index in [1.165, 1.54) is 36.8 Å². The number of hydrogen-bond acceptors (Lipinski definition) is 3. The highest BCUT2D eigenvalue weighted by atomic mass is 16.5. The molecule has 0 amide bonds. The fourth-order valence-electron chi connectivity index (χ4n) is 3.62. The molecule has 2 aliphatic rings. The van der Waals surface area contributed by atoms with Crippen molar-refractivity contribution in [1.29, 1.82) is 0 Å². The highest BCUT2D eigenvalue weighted by Crippen LogP contribution is 2.40. The quantitative estimate of drug-likeness (QED) is 0.921. The van der Waals surface area contributed by atoms with Crippen molar-refractivity contribution in [2.45, 2.75) is 44.6 Å². The van der Waals surface area contributed by atoms with Crippen molar-refractivity contribution in [1.82, 2.24) is 5.32 Å². The van der Waals surface area contributed by atoms with Crippen LogP contribution in [0.5, 0.6) is 5.75 Å². The summed E-state index contributed by atoms with van der Waals surface area (Å²) >= 11 is 0. The van der Waals surface area contributed by atoms with Gasteiger partial charge in [0.15, 0.2) is 0 Å². The second kappa shape index (κ2) is 6.80. The summed E-state index contributed by atoms with van der Waals surface area (Å²) in [5.74, 6) is 2.57. The highest BCUT2D eigenvalue weighted by molar-refractivity contribution is 5.41. The first kappa shape index (κ1) is 14.9. The molecule has 0 spiro atoms. The predicted molar refractivity (Wildman–Crippen MR) is 84.9 cm³/mol. The molecule has 1 saturated carbocycles. The van der Waals surface area contributed by atoms with E-state index in [0.717, 1.165) is 31.4 Å². The van der Waals surface area contributed by atoms with Crippen LogP contribution in [0.1, 0.15) is 55.8 Å². The molecule has 1 heterocycles. The lowest BCUT2D eigenvalue weighted by molar-refractivity contribution is 0.0276. The molecule has 0 bridgehead atoms.